The lowest BCUT2D eigenvalue weighted by Crippen LogP contribution is -2.30. The Bertz CT molecular complexity index is 490. The number of aliphatic hydroxyl groups excluding tert-OH is 1. The molecule has 1 aliphatic rings. The van der Waals surface area contributed by atoms with E-state index >= 15 is 0 Å². The third-order valence-corrected chi connectivity index (χ3v) is 4.01. The van der Waals surface area contributed by atoms with Crippen molar-refractivity contribution in [1.82, 2.24) is 5.32 Å². The highest BCUT2D eigenvalue weighted by molar-refractivity contribution is 5.96. The predicted molar refractivity (Wildman–Crippen MR) is 85.5 cm³/mol. The fraction of sp³-hybridized carbons (Fsp3) is 0.562. The molecular weight excluding hydrogens is 266 g/mol. The lowest BCUT2D eigenvalue weighted by Gasteiger charge is -2.28. The summed E-state index contributed by atoms with van der Waals surface area (Å²) in [5, 5.41) is 11.8. The summed E-state index contributed by atoms with van der Waals surface area (Å²) in [5.74, 6) is -0.0649. The third-order valence-electron chi connectivity index (χ3n) is 4.01. The molecule has 1 amide bonds. The monoisotopic (exact) mass is 291 g/mol. The highest BCUT2D eigenvalue weighted by atomic mass is 16.2. The van der Waals surface area contributed by atoms with Gasteiger partial charge in [0.1, 0.15) is 0 Å². The molecule has 0 radical (unpaired) electrons. The Morgan fingerprint density at radius 2 is 2.33 bits per heavy atom. The zero-order chi connectivity index (χ0) is 15.2. The van der Waals surface area contributed by atoms with Gasteiger partial charge in [0.05, 0.1) is 11.4 Å². The van der Waals surface area contributed by atoms with E-state index in [2.05, 4.69) is 10.2 Å². The average molecular weight is 291 g/mol. The second-order valence-corrected chi connectivity index (χ2v) is 5.49. The minimum atomic E-state index is -0.0649. The van der Waals surface area contributed by atoms with Crippen LogP contribution in [0.25, 0.3) is 0 Å². The molecule has 1 aromatic carbocycles. The standard InChI is InChI=1S/C16H25N3O2/c1-2-18-16(21)12-7-8-14(17)15(11-12)19-9-3-5-13(19)6-4-10-20/h7-8,11,13,20H,2-6,9-10,17H2,1H3,(H,18,21). The van der Waals surface area contributed by atoms with E-state index in [4.69, 9.17) is 10.8 Å². The minimum absolute atomic E-state index is 0.0649. The Labute approximate surface area is 126 Å². The first-order chi connectivity index (χ1) is 10.2. The topological polar surface area (TPSA) is 78.6 Å². The summed E-state index contributed by atoms with van der Waals surface area (Å²) in [5.41, 5.74) is 8.41. The molecule has 0 spiro atoms. The van der Waals surface area contributed by atoms with Crippen LogP contribution < -0.4 is 16.0 Å². The van der Waals surface area contributed by atoms with E-state index in [1.165, 1.54) is 0 Å². The van der Waals surface area contributed by atoms with Crippen LogP contribution in [0.2, 0.25) is 0 Å². The predicted octanol–water partition coefficient (Wildman–Crippen LogP) is 1.76. The molecule has 1 aromatic rings. The smallest absolute Gasteiger partial charge is 0.251 e. The van der Waals surface area contributed by atoms with Gasteiger partial charge >= 0.3 is 0 Å². The Balaban J connectivity index is 2.21. The molecule has 1 fully saturated rings. The van der Waals surface area contributed by atoms with Crippen molar-refractivity contribution >= 4 is 17.3 Å². The second-order valence-electron chi connectivity index (χ2n) is 5.49. The Hall–Kier alpha value is -1.75. The van der Waals surface area contributed by atoms with Gasteiger partial charge in [-0.05, 0) is 50.8 Å². The highest BCUT2D eigenvalue weighted by Crippen LogP contribution is 2.33. The van der Waals surface area contributed by atoms with Crippen LogP contribution in [0.3, 0.4) is 0 Å². The first kappa shape index (κ1) is 15.6. The van der Waals surface area contributed by atoms with Crippen molar-refractivity contribution in [1.29, 1.82) is 0 Å². The van der Waals surface area contributed by atoms with Crippen molar-refractivity contribution in [2.24, 2.45) is 0 Å². The number of hydrogen-bond acceptors (Lipinski definition) is 4. The molecule has 1 heterocycles. The van der Waals surface area contributed by atoms with Gasteiger partial charge in [0.25, 0.3) is 5.91 Å². The summed E-state index contributed by atoms with van der Waals surface area (Å²) < 4.78 is 0. The molecule has 0 aromatic heterocycles. The van der Waals surface area contributed by atoms with Gasteiger partial charge in [0, 0.05) is 31.3 Å². The molecule has 4 N–H and O–H groups in total. The summed E-state index contributed by atoms with van der Waals surface area (Å²) in [4.78, 5) is 14.3. The van der Waals surface area contributed by atoms with Crippen LogP contribution in [-0.2, 0) is 0 Å². The van der Waals surface area contributed by atoms with E-state index in [-0.39, 0.29) is 12.5 Å². The molecule has 21 heavy (non-hydrogen) atoms. The van der Waals surface area contributed by atoms with Crippen LogP contribution in [0.15, 0.2) is 18.2 Å². The van der Waals surface area contributed by atoms with E-state index in [0.29, 0.717) is 23.8 Å². The maximum Gasteiger partial charge on any atom is 0.251 e. The van der Waals surface area contributed by atoms with Gasteiger partial charge in [0.15, 0.2) is 0 Å². The molecule has 1 aliphatic heterocycles. The summed E-state index contributed by atoms with van der Waals surface area (Å²) in [6.45, 7) is 3.70. The number of benzene rings is 1. The number of carbonyl (C=O) groups is 1. The summed E-state index contributed by atoms with van der Waals surface area (Å²) >= 11 is 0. The molecule has 0 saturated carbocycles. The van der Waals surface area contributed by atoms with Crippen LogP contribution >= 0.6 is 0 Å². The minimum Gasteiger partial charge on any atom is -0.397 e. The van der Waals surface area contributed by atoms with Gasteiger partial charge in [-0.25, -0.2) is 0 Å². The number of rotatable bonds is 6. The van der Waals surface area contributed by atoms with Gasteiger partial charge in [-0.15, -0.1) is 0 Å². The van der Waals surface area contributed by atoms with Crippen LogP contribution in [0.4, 0.5) is 11.4 Å². The molecule has 0 aliphatic carbocycles. The van der Waals surface area contributed by atoms with Crippen molar-refractivity contribution < 1.29 is 9.90 Å². The van der Waals surface area contributed by atoms with Gasteiger partial charge in [-0.1, -0.05) is 0 Å². The molecule has 5 nitrogen and oxygen atoms in total. The van der Waals surface area contributed by atoms with Crippen LogP contribution in [0, 0.1) is 0 Å². The maximum absolute atomic E-state index is 12.0. The summed E-state index contributed by atoms with van der Waals surface area (Å²) in [6, 6.07) is 5.87. The second kappa shape index (κ2) is 7.31. The van der Waals surface area contributed by atoms with Crippen molar-refractivity contribution in [3.05, 3.63) is 23.8 Å². The molecule has 0 bridgehead atoms. The number of nitrogens with zero attached hydrogens (tertiary/aromatic N) is 1. The highest BCUT2D eigenvalue weighted by Gasteiger charge is 2.26. The largest absolute Gasteiger partial charge is 0.397 e. The average Bonchev–Trinajstić information content (AvgIpc) is 2.94. The van der Waals surface area contributed by atoms with E-state index < -0.39 is 0 Å². The molecule has 1 unspecified atom stereocenters. The fourth-order valence-corrected chi connectivity index (χ4v) is 2.98. The molecule has 5 heteroatoms. The molecule has 2 rings (SSSR count). The molecule has 116 valence electrons. The Kier molecular flexibility index (Phi) is 5.44. The Morgan fingerprint density at radius 1 is 1.52 bits per heavy atom. The normalized spacial score (nSPS) is 18.0. The number of nitrogen functional groups attached to an aromatic ring is 1. The van der Waals surface area contributed by atoms with Gasteiger partial charge in [-0.3, -0.25) is 4.79 Å². The number of carbonyl (C=O) groups excluding carboxylic acids is 1. The van der Waals surface area contributed by atoms with Gasteiger partial charge in [0.2, 0.25) is 0 Å². The van der Waals surface area contributed by atoms with Crippen molar-refractivity contribution in [3.63, 3.8) is 0 Å². The van der Waals surface area contributed by atoms with E-state index in [1.807, 2.05) is 13.0 Å². The maximum atomic E-state index is 12.0. The summed E-state index contributed by atoms with van der Waals surface area (Å²) in [6.07, 6.45) is 4.00. The SMILES string of the molecule is CCNC(=O)c1ccc(N)c(N2CCCC2CCCO)c1. The van der Waals surface area contributed by atoms with Crippen LogP contribution in [0.1, 0.15) is 43.0 Å². The fourth-order valence-electron chi connectivity index (χ4n) is 2.98. The van der Waals surface area contributed by atoms with Gasteiger partial charge < -0.3 is 21.1 Å². The van der Waals surface area contributed by atoms with Crippen molar-refractivity contribution in [2.45, 2.75) is 38.6 Å². The van der Waals surface area contributed by atoms with Crippen LogP contribution in [0.5, 0.6) is 0 Å². The van der Waals surface area contributed by atoms with E-state index in [0.717, 1.165) is 37.9 Å². The molecular formula is C16H25N3O2. The lowest BCUT2D eigenvalue weighted by atomic mass is 10.1. The summed E-state index contributed by atoms with van der Waals surface area (Å²) in [7, 11) is 0. The number of hydrogen-bond donors (Lipinski definition) is 3. The van der Waals surface area contributed by atoms with Crippen LogP contribution in [-0.4, -0.2) is 36.8 Å². The van der Waals surface area contributed by atoms with E-state index in [9.17, 15) is 4.79 Å². The lowest BCUT2D eigenvalue weighted by molar-refractivity contribution is 0.0956. The first-order valence-corrected chi connectivity index (χ1v) is 7.72. The van der Waals surface area contributed by atoms with Crippen molar-refractivity contribution in [3.8, 4) is 0 Å². The number of aliphatic hydroxyl groups is 1. The molecule has 1 atom stereocenters. The molecule has 1 saturated heterocycles. The number of nitrogens with two attached hydrogens (primary N) is 1. The quantitative estimate of drug-likeness (QED) is 0.698. The number of nitrogens with one attached hydrogen (secondary N) is 1. The third kappa shape index (κ3) is 3.67. The van der Waals surface area contributed by atoms with Crippen molar-refractivity contribution in [2.75, 3.05) is 30.3 Å². The number of anilines is 2. The van der Waals surface area contributed by atoms with E-state index in [1.54, 1.807) is 12.1 Å². The number of amides is 1. The van der Waals surface area contributed by atoms with Gasteiger partial charge in [-0.2, -0.15) is 0 Å². The zero-order valence-electron chi connectivity index (χ0n) is 12.6. The first-order valence-electron chi connectivity index (χ1n) is 7.72. The zero-order valence-corrected chi connectivity index (χ0v) is 12.6. The Morgan fingerprint density at radius 3 is 3.05 bits per heavy atom.